The minimum absolute atomic E-state index is 0.159. The fraction of sp³-hybridized carbons (Fsp3) is 0.312. The van der Waals surface area contributed by atoms with E-state index in [0.717, 1.165) is 4.90 Å². The third kappa shape index (κ3) is 4.30. The first-order valence-corrected chi connectivity index (χ1v) is 8.23. The smallest absolute Gasteiger partial charge is 0.341 e. The van der Waals surface area contributed by atoms with Crippen LogP contribution in [0.15, 0.2) is 22.3 Å². The van der Waals surface area contributed by atoms with E-state index in [1.54, 1.807) is 12.1 Å². The number of rotatable bonds is 7. The Balaban J connectivity index is 2.31. The van der Waals surface area contributed by atoms with Crippen LogP contribution in [0.25, 0.3) is 6.08 Å². The van der Waals surface area contributed by atoms with Gasteiger partial charge >= 0.3 is 12.0 Å². The maximum atomic E-state index is 12.2. The Kier molecular flexibility index (Phi) is 6.02. The van der Waals surface area contributed by atoms with E-state index in [1.807, 2.05) is 6.92 Å². The van der Waals surface area contributed by atoms with Gasteiger partial charge in [-0.1, -0.05) is 6.92 Å². The van der Waals surface area contributed by atoms with Gasteiger partial charge in [0.05, 0.1) is 11.6 Å². The molecule has 2 N–H and O–H groups in total. The molecule has 9 heteroatoms. The van der Waals surface area contributed by atoms with E-state index < -0.39 is 24.5 Å². The average molecular weight is 413 g/mol. The van der Waals surface area contributed by atoms with Crippen molar-refractivity contribution < 1.29 is 29.0 Å². The molecule has 1 aromatic rings. The van der Waals surface area contributed by atoms with Crippen LogP contribution >= 0.6 is 15.9 Å². The third-order valence-corrected chi connectivity index (χ3v) is 3.90. The van der Waals surface area contributed by atoms with Gasteiger partial charge in [0.2, 0.25) is 0 Å². The van der Waals surface area contributed by atoms with Gasteiger partial charge in [0.15, 0.2) is 18.1 Å². The van der Waals surface area contributed by atoms with Crippen molar-refractivity contribution in [1.82, 2.24) is 10.2 Å². The van der Waals surface area contributed by atoms with E-state index in [-0.39, 0.29) is 11.4 Å². The summed E-state index contributed by atoms with van der Waals surface area (Å²) in [5.74, 6) is -0.977. The van der Waals surface area contributed by atoms with Gasteiger partial charge in [0.25, 0.3) is 5.91 Å². The standard InChI is InChI=1S/C16H17BrN2O6/c1-3-4-19-15(22)11(18-16(19)23)6-9-5-10(17)14(12(7-9)24-2)25-8-13(20)21/h5-7H,3-4,8H2,1-2H3,(H,18,23)(H,20,21). The molecule has 0 spiro atoms. The normalized spacial score (nSPS) is 15.5. The molecule has 1 fully saturated rings. The molecule has 0 atom stereocenters. The highest BCUT2D eigenvalue weighted by atomic mass is 79.9. The summed E-state index contributed by atoms with van der Waals surface area (Å²) in [4.78, 5) is 35.8. The largest absolute Gasteiger partial charge is 0.493 e. The van der Waals surface area contributed by atoms with Crippen LogP contribution in [-0.2, 0) is 9.59 Å². The van der Waals surface area contributed by atoms with E-state index in [0.29, 0.717) is 28.8 Å². The maximum Gasteiger partial charge on any atom is 0.341 e. The molecule has 0 aliphatic carbocycles. The van der Waals surface area contributed by atoms with Crippen LogP contribution in [-0.4, -0.2) is 48.2 Å². The number of methoxy groups -OCH3 is 1. The number of nitrogens with zero attached hydrogens (tertiary/aromatic N) is 1. The summed E-state index contributed by atoms with van der Waals surface area (Å²) in [6.07, 6.45) is 2.19. The Labute approximate surface area is 152 Å². The second-order valence-corrected chi connectivity index (χ2v) is 6.02. The van der Waals surface area contributed by atoms with Crippen molar-refractivity contribution in [3.63, 3.8) is 0 Å². The van der Waals surface area contributed by atoms with Crippen molar-refractivity contribution in [2.45, 2.75) is 13.3 Å². The van der Waals surface area contributed by atoms with Crippen molar-refractivity contribution in [3.8, 4) is 11.5 Å². The van der Waals surface area contributed by atoms with Crippen molar-refractivity contribution in [2.24, 2.45) is 0 Å². The highest BCUT2D eigenvalue weighted by Gasteiger charge is 2.32. The Bertz CT molecular complexity index is 746. The van der Waals surface area contributed by atoms with Gasteiger partial charge in [-0.05, 0) is 46.1 Å². The molecule has 1 aromatic carbocycles. The predicted molar refractivity (Wildman–Crippen MR) is 92.3 cm³/mol. The first-order chi connectivity index (χ1) is 11.9. The van der Waals surface area contributed by atoms with Crippen LogP contribution in [0.4, 0.5) is 4.79 Å². The molecule has 0 bridgehead atoms. The minimum atomic E-state index is -1.12. The Morgan fingerprint density at radius 1 is 1.40 bits per heavy atom. The van der Waals surface area contributed by atoms with Gasteiger partial charge in [0.1, 0.15) is 5.70 Å². The number of aliphatic carboxylic acids is 1. The second-order valence-electron chi connectivity index (χ2n) is 5.16. The molecule has 25 heavy (non-hydrogen) atoms. The van der Waals surface area contributed by atoms with Crippen LogP contribution in [0.5, 0.6) is 11.5 Å². The predicted octanol–water partition coefficient (Wildman–Crippen LogP) is 2.22. The summed E-state index contributed by atoms with van der Waals surface area (Å²) < 4.78 is 10.9. The molecular weight excluding hydrogens is 396 g/mol. The Morgan fingerprint density at radius 2 is 2.12 bits per heavy atom. The molecule has 1 aliphatic heterocycles. The molecule has 1 heterocycles. The first kappa shape index (κ1) is 18.8. The number of halogens is 1. The molecule has 0 radical (unpaired) electrons. The zero-order valence-corrected chi connectivity index (χ0v) is 15.3. The van der Waals surface area contributed by atoms with Gasteiger partial charge in [-0.25, -0.2) is 9.59 Å². The zero-order valence-electron chi connectivity index (χ0n) is 13.7. The minimum Gasteiger partial charge on any atom is -0.493 e. The van der Waals surface area contributed by atoms with E-state index in [1.165, 1.54) is 13.2 Å². The quantitative estimate of drug-likeness (QED) is 0.525. The van der Waals surface area contributed by atoms with Crippen LogP contribution in [0, 0.1) is 0 Å². The molecular formula is C16H17BrN2O6. The molecule has 1 aliphatic rings. The van der Waals surface area contributed by atoms with Crippen LogP contribution in [0.2, 0.25) is 0 Å². The molecule has 1 saturated heterocycles. The van der Waals surface area contributed by atoms with Crippen molar-refractivity contribution in [2.75, 3.05) is 20.3 Å². The fourth-order valence-corrected chi connectivity index (χ4v) is 2.84. The van der Waals surface area contributed by atoms with Gasteiger partial charge in [0, 0.05) is 6.54 Å². The summed E-state index contributed by atoms with van der Waals surface area (Å²) in [6.45, 7) is 1.70. The number of imide groups is 1. The molecule has 8 nitrogen and oxygen atoms in total. The van der Waals surface area contributed by atoms with Crippen molar-refractivity contribution in [1.29, 1.82) is 0 Å². The maximum absolute atomic E-state index is 12.2. The molecule has 0 unspecified atom stereocenters. The summed E-state index contributed by atoms with van der Waals surface area (Å²) in [5.41, 5.74) is 0.736. The molecule has 0 aromatic heterocycles. The number of benzene rings is 1. The lowest BCUT2D eigenvalue weighted by atomic mass is 10.1. The van der Waals surface area contributed by atoms with E-state index >= 15 is 0 Å². The van der Waals surface area contributed by atoms with Crippen LogP contribution in [0.3, 0.4) is 0 Å². The Hall–Kier alpha value is -2.55. The highest BCUT2D eigenvalue weighted by molar-refractivity contribution is 9.10. The van der Waals surface area contributed by atoms with Gasteiger partial charge in [-0.15, -0.1) is 0 Å². The van der Waals surface area contributed by atoms with Crippen molar-refractivity contribution in [3.05, 3.63) is 27.9 Å². The molecule has 3 amide bonds. The molecule has 2 rings (SSSR count). The number of carbonyl (C=O) groups excluding carboxylic acids is 2. The fourth-order valence-electron chi connectivity index (χ4n) is 2.26. The van der Waals surface area contributed by atoms with Gasteiger partial charge < -0.3 is 19.9 Å². The lowest BCUT2D eigenvalue weighted by molar-refractivity contribution is -0.139. The second kappa shape index (κ2) is 8.02. The number of carbonyl (C=O) groups is 3. The number of carboxylic acid groups (broad SMARTS) is 1. The van der Waals surface area contributed by atoms with Gasteiger partial charge in [-0.2, -0.15) is 0 Å². The van der Waals surface area contributed by atoms with Crippen LogP contribution < -0.4 is 14.8 Å². The zero-order chi connectivity index (χ0) is 18.6. The van der Waals surface area contributed by atoms with Crippen molar-refractivity contribution >= 4 is 39.9 Å². The number of hydrogen-bond acceptors (Lipinski definition) is 5. The number of carboxylic acids is 1. The summed E-state index contributed by atoms with van der Waals surface area (Å²) >= 11 is 3.29. The molecule has 134 valence electrons. The van der Waals surface area contributed by atoms with E-state index in [2.05, 4.69) is 21.2 Å². The Morgan fingerprint density at radius 3 is 2.72 bits per heavy atom. The topological polar surface area (TPSA) is 105 Å². The van der Waals surface area contributed by atoms with Gasteiger partial charge in [-0.3, -0.25) is 9.69 Å². The summed E-state index contributed by atoms with van der Waals surface area (Å²) in [7, 11) is 1.41. The van der Waals surface area contributed by atoms with E-state index in [4.69, 9.17) is 14.6 Å². The molecule has 0 saturated carbocycles. The lowest BCUT2D eigenvalue weighted by Crippen LogP contribution is -2.31. The number of hydrogen-bond donors (Lipinski definition) is 2. The van der Waals surface area contributed by atoms with Crippen LogP contribution in [0.1, 0.15) is 18.9 Å². The third-order valence-electron chi connectivity index (χ3n) is 3.31. The summed E-state index contributed by atoms with van der Waals surface area (Å²) in [5, 5.41) is 11.3. The number of amides is 3. The number of nitrogens with one attached hydrogen (secondary N) is 1. The number of ether oxygens (including phenoxy) is 2. The summed E-state index contributed by atoms with van der Waals surface area (Å²) in [6, 6.07) is 2.76. The SMILES string of the molecule is CCCN1C(=O)NC(=Cc2cc(Br)c(OCC(=O)O)c(OC)c2)C1=O. The average Bonchev–Trinajstić information content (AvgIpc) is 2.81. The van der Waals surface area contributed by atoms with E-state index in [9.17, 15) is 14.4 Å². The number of urea groups is 1. The lowest BCUT2D eigenvalue weighted by Gasteiger charge is -2.12. The highest BCUT2D eigenvalue weighted by Crippen LogP contribution is 2.37. The first-order valence-electron chi connectivity index (χ1n) is 7.44. The monoisotopic (exact) mass is 412 g/mol.